The molecule has 0 saturated carbocycles. The van der Waals surface area contributed by atoms with E-state index >= 15 is 0 Å². The number of nitrogens with two attached hydrogens (primary N) is 1. The highest BCUT2D eigenvalue weighted by Gasteiger charge is 2.31. The van der Waals surface area contributed by atoms with E-state index in [4.69, 9.17) is 5.73 Å². The summed E-state index contributed by atoms with van der Waals surface area (Å²) in [6.45, 7) is 4.25. The van der Waals surface area contributed by atoms with Crippen molar-refractivity contribution in [3.8, 4) is 0 Å². The Bertz CT molecular complexity index is 377. The molecule has 0 amide bonds. The molecule has 0 spiro atoms. The molecule has 0 bridgehead atoms. The Morgan fingerprint density at radius 3 is 2.88 bits per heavy atom. The predicted molar refractivity (Wildman–Crippen MR) is 64.3 cm³/mol. The summed E-state index contributed by atoms with van der Waals surface area (Å²) < 4.78 is 1.63. The van der Waals surface area contributed by atoms with Crippen molar-refractivity contribution in [1.29, 1.82) is 0 Å². The van der Waals surface area contributed by atoms with Crippen molar-refractivity contribution < 1.29 is 10.2 Å². The number of likely N-dealkylation sites (tertiary alicyclic amines) is 1. The number of β-amino-alcohol motifs (C(OH)–C–C–N with tert-alkyl or cyclic N) is 2. The second-order valence-corrected chi connectivity index (χ2v) is 5.13. The van der Waals surface area contributed by atoms with Crippen molar-refractivity contribution in [3.05, 3.63) is 12.4 Å². The Morgan fingerprint density at radius 1 is 1.59 bits per heavy atom. The predicted octanol–water partition coefficient (Wildman–Crippen LogP) is -0.717. The van der Waals surface area contributed by atoms with E-state index in [9.17, 15) is 10.2 Å². The van der Waals surface area contributed by atoms with Crippen molar-refractivity contribution in [1.82, 2.24) is 14.7 Å². The number of aromatic nitrogens is 2. The lowest BCUT2D eigenvalue weighted by atomic mass is 10.1. The summed E-state index contributed by atoms with van der Waals surface area (Å²) in [5.74, 6) is 0. The number of nitrogen functional groups attached to an aromatic ring is 1. The van der Waals surface area contributed by atoms with Gasteiger partial charge in [0.05, 0.1) is 30.1 Å². The molecule has 0 radical (unpaired) electrons. The lowest BCUT2D eigenvalue weighted by Gasteiger charge is -2.21. The van der Waals surface area contributed by atoms with Gasteiger partial charge in [0.2, 0.25) is 0 Å². The molecule has 0 aliphatic carbocycles. The Morgan fingerprint density at radius 2 is 2.35 bits per heavy atom. The van der Waals surface area contributed by atoms with Gasteiger partial charge in [-0.3, -0.25) is 9.58 Å². The molecule has 1 aromatic rings. The summed E-state index contributed by atoms with van der Waals surface area (Å²) in [6, 6.07) is 0. The molecule has 1 aromatic heterocycles. The summed E-state index contributed by atoms with van der Waals surface area (Å²) in [5.41, 5.74) is 5.53. The average Bonchev–Trinajstić information content (AvgIpc) is 2.73. The van der Waals surface area contributed by atoms with Gasteiger partial charge in [-0.25, -0.2) is 0 Å². The number of aliphatic hydroxyl groups is 2. The standard InChI is InChI=1S/C11H20N4O2/c1-11(17)2-3-14(8-11)6-10(16)7-15-5-9(12)4-13-15/h4-5,10,16-17H,2-3,6-8,12H2,1H3. The number of hydrogen-bond donors (Lipinski definition) is 3. The SMILES string of the molecule is CC1(O)CCN(CC(O)Cn2cc(N)cn2)C1. The summed E-state index contributed by atoms with van der Waals surface area (Å²) >= 11 is 0. The first kappa shape index (κ1) is 12.3. The fourth-order valence-electron chi connectivity index (χ4n) is 2.25. The molecule has 4 N–H and O–H groups in total. The second kappa shape index (κ2) is 4.64. The van der Waals surface area contributed by atoms with Gasteiger partial charge in [0.15, 0.2) is 0 Å². The molecule has 1 aliphatic rings. The average molecular weight is 240 g/mol. The number of aliphatic hydroxyl groups excluding tert-OH is 1. The quantitative estimate of drug-likeness (QED) is 0.646. The van der Waals surface area contributed by atoms with Crippen LogP contribution in [-0.4, -0.2) is 56.2 Å². The molecule has 0 aromatic carbocycles. The van der Waals surface area contributed by atoms with Crippen LogP contribution in [0, 0.1) is 0 Å². The molecular formula is C11H20N4O2. The van der Waals surface area contributed by atoms with Crippen LogP contribution < -0.4 is 5.73 Å². The van der Waals surface area contributed by atoms with Crippen LogP contribution in [0.1, 0.15) is 13.3 Å². The number of anilines is 1. The minimum Gasteiger partial charge on any atom is -0.396 e. The van der Waals surface area contributed by atoms with Crippen molar-refractivity contribution >= 4 is 5.69 Å². The van der Waals surface area contributed by atoms with Gasteiger partial charge >= 0.3 is 0 Å². The molecule has 1 fully saturated rings. The van der Waals surface area contributed by atoms with Crippen LogP contribution in [0.15, 0.2) is 12.4 Å². The van der Waals surface area contributed by atoms with Gasteiger partial charge in [-0.1, -0.05) is 0 Å². The maximum atomic E-state index is 9.92. The molecule has 96 valence electrons. The molecule has 1 aliphatic heterocycles. The normalized spacial score (nSPS) is 27.5. The largest absolute Gasteiger partial charge is 0.396 e. The van der Waals surface area contributed by atoms with Gasteiger partial charge in [0.1, 0.15) is 0 Å². The number of rotatable bonds is 4. The molecule has 2 atom stereocenters. The maximum absolute atomic E-state index is 9.92. The van der Waals surface area contributed by atoms with E-state index in [0.717, 1.165) is 13.0 Å². The topological polar surface area (TPSA) is 87.5 Å². The minimum absolute atomic E-state index is 0.426. The van der Waals surface area contributed by atoms with Crippen LogP contribution in [0.3, 0.4) is 0 Å². The van der Waals surface area contributed by atoms with Gasteiger partial charge in [-0.05, 0) is 13.3 Å². The van der Waals surface area contributed by atoms with E-state index in [1.807, 2.05) is 6.92 Å². The first-order valence-corrected chi connectivity index (χ1v) is 5.85. The minimum atomic E-state index is -0.615. The van der Waals surface area contributed by atoms with E-state index in [1.54, 1.807) is 17.1 Å². The second-order valence-electron chi connectivity index (χ2n) is 5.13. The first-order chi connectivity index (χ1) is 7.94. The Kier molecular flexibility index (Phi) is 3.37. The van der Waals surface area contributed by atoms with Crippen molar-refractivity contribution in [3.63, 3.8) is 0 Å². The third kappa shape index (κ3) is 3.42. The smallest absolute Gasteiger partial charge is 0.0862 e. The highest BCUT2D eigenvalue weighted by atomic mass is 16.3. The highest BCUT2D eigenvalue weighted by Crippen LogP contribution is 2.20. The van der Waals surface area contributed by atoms with Crippen LogP contribution >= 0.6 is 0 Å². The molecular weight excluding hydrogens is 220 g/mol. The monoisotopic (exact) mass is 240 g/mol. The van der Waals surface area contributed by atoms with Crippen LogP contribution in [0.2, 0.25) is 0 Å². The van der Waals surface area contributed by atoms with Gasteiger partial charge in [-0.2, -0.15) is 5.10 Å². The molecule has 17 heavy (non-hydrogen) atoms. The summed E-state index contributed by atoms with van der Waals surface area (Å²) in [5, 5.41) is 23.8. The molecule has 1 saturated heterocycles. The third-order valence-electron chi connectivity index (χ3n) is 3.05. The van der Waals surface area contributed by atoms with Crippen LogP contribution in [0.5, 0.6) is 0 Å². The van der Waals surface area contributed by atoms with Crippen molar-refractivity contribution in [2.45, 2.75) is 31.6 Å². The lowest BCUT2D eigenvalue weighted by molar-refractivity contribution is 0.0549. The molecule has 6 nitrogen and oxygen atoms in total. The fraction of sp³-hybridized carbons (Fsp3) is 0.727. The summed E-state index contributed by atoms with van der Waals surface area (Å²) in [7, 11) is 0. The summed E-state index contributed by atoms with van der Waals surface area (Å²) in [6.07, 6.45) is 3.52. The number of hydrogen-bond acceptors (Lipinski definition) is 5. The van der Waals surface area contributed by atoms with E-state index < -0.39 is 11.7 Å². The van der Waals surface area contributed by atoms with Gasteiger partial charge < -0.3 is 15.9 Å². The Labute approximate surface area is 101 Å². The zero-order valence-electron chi connectivity index (χ0n) is 10.1. The van der Waals surface area contributed by atoms with Gasteiger partial charge in [0.25, 0.3) is 0 Å². The van der Waals surface area contributed by atoms with E-state index in [2.05, 4.69) is 10.00 Å². The Hall–Kier alpha value is -1.11. The van der Waals surface area contributed by atoms with Crippen molar-refractivity contribution in [2.75, 3.05) is 25.4 Å². The van der Waals surface area contributed by atoms with Crippen LogP contribution in [-0.2, 0) is 6.54 Å². The molecule has 2 rings (SSSR count). The molecule has 6 heteroatoms. The maximum Gasteiger partial charge on any atom is 0.0862 e. The van der Waals surface area contributed by atoms with E-state index in [-0.39, 0.29) is 0 Å². The molecule has 2 unspecified atom stereocenters. The fourth-order valence-corrected chi connectivity index (χ4v) is 2.25. The van der Waals surface area contributed by atoms with Crippen molar-refractivity contribution in [2.24, 2.45) is 0 Å². The van der Waals surface area contributed by atoms with E-state index in [0.29, 0.717) is 25.3 Å². The number of nitrogens with zero attached hydrogens (tertiary/aromatic N) is 3. The van der Waals surface area contributed by atoms with Crippen LogP contribution in [0.4, 0.5) is 5.69 Å². The first-order valence-electron chi connectivity index (χ1n) is 5.85. The lowest BCUT2D eigenvalue weighted by Crippen LogP contribution is -2.36. The van der Waals surface area contributed by atoms with Crippen LogP contribution in [0.25, 0.3) is 0 Å². The highest BCUT2D eigenvalue weighted by molar-refractivity contribution is 5.30. The zero-order chi connectivity index (χ0) is 12.5. The summed E-state index contributed by atoms with van der Waals surface area (Å²) in [4.78, 5) is 2.07. The van der Waals surface area contributed by atoms with Gasteiger partial charge in [-0.15, -0.1) is 0 Å². The van der Waals surface area contributed by atoms with E-state index in [1.165, 1.54) is 0 Å². The Balaban J connectivity index is 1.80. The third-order valence-corrected chi connectivity index (χ3v) is 3.05. The zero-order valence-corrected chi connectivity index (χ0v) is 10.1. The molecule has 2 heterocycles. The van der Waals surface area contributed by atoms with Gasteiger partial charge in [0, 0.05) is 25.8 Å².